The Morgan fingerprint density at radius 1 is 1.54 bits per heavy atom. The molecule has 78 valence electrons. The standard InChI is InChI=1S/C7H12N2S2.2ClH/c1-6-5-11-7(9-6)10-4-2-3-8;;/h5H,2-4,8H2,1H3;2*1H. The predicted molar refractivity (Wildman–Crippen MR) is 65.7 cm³/mol. The van der Waals surface area contributed by atoms with Crippen molar-refractivity contribution in [3.63, 3.8) is 0 Å². The van der Waals surface area contributed by atoms with Crippen LogP contribution in [-0.4, -0.2) is 17.3 Å². The van der Waals surface area contributed by atoms with E-state index in [0.717, 1.165) is 28.8 Å². The highest BCUT2D eigenvalue weighted by molar-refractivity contribution is 8.00. The number of hydrogen-bond donors (Lipinski definition) is 1. The molecule has 0 amide bonds. The average Bonchev–Trinajstić information content (AvgIpc) is 2.37. The lowest BCUT2D eigenvalue weighted by molar-refractivity contribution is 0.942. The maximum atomic E-state index is 5.37. The normalized spacial score (nSPS) is 8.77. The van der Waals surface area contributed by atoms with Gasteiger partial charge in [-0.1, -0.05) is 11.8 Å². The number of nitrogens with zero attached hydrogens (tertiary/aromatic N) is 1. The second-order valence-electron chi connectivity index (χ2n) is 2.25. The molecule has 0 bridgehead atoms. The minimum absolute atomic E-state index is 0. The van der Waals surface area contributed by atoms with Gasteiger partial charge in [0.1, 0.15) is 4.34 Å². The first-order chi connectivity index (χ1) is 5.33. The first kappa shape index (κ1) is 16.0. The van der Waals surface area contributed by atoms with Crippen molar-refractivity contribution in [3.05, 3.63) is 11.1 Å². The van der Waals surface area contributed by atoms with E-state index in [9.17, 15) is 0 Å². The Morgan fingerprint density at radius 2 is 2.23 bits per heavy atom. The summed E-state index contributed by atoms with van der Waals surface area (Å²) >= 11 is 3.50. The van der Waals surface area contributed by atoms with Gasteiger partial charge in [-0.3, -0.25) is 0 Å². The Bertz CT molecular complexity index is 218. The summed E-state index contributed by atoms with van der Waals surface area (Å²) in [5, 5.41) is 2.07. The van der Waals surface area contributed by atoms with E-state index >= 15 is 0 Å². The van der Waals surface area contributed by atoms with Gasteiger partial charge in [-0.25, -0.2) is 4.98 Å². The van der Waals surface area contributed by atoms with Crippen molar-refractivity contribution in [2.45, 2.75) is 17.7 Å². The molecule has 0 saturated heterocycles. The van der Waals surface area contributed by atoms with E-state index in [0.29, 0.717) is 0 Å². The lowest BCUT2D eigenvalue weighted by atomic mass is 10.5. The van der Waals surface area contributed by atoms with E-state index in [1.807, 2.05) is 6.92 Å². The van der Waals surface area contributed by atoms with Gasteiger partial charge in [0.25, 0.3) is 0 Å². The highest BCUT2D eigenvalue weighted by Gasteiger charge is 1.97. The second-order valence-corrected chi connectivity index (χ2v) is 4.45. The summed E-state index contributed by atoms with van der Waals surface area (Å²) in [5.74, 6) is 1.09. The van der Waals surface area contributed by atoms with Crippen LogP contribution < -0.4 is 5.73 Å². The van der Waals surface area contributed by atoms with E-state index in [-0.39, 0.29) is 24.8 Å². The molecule has 0 aliphatic rings. The maximum absolute atomic E-state index is 5.37. The van der Waals surface area contributed by atoms with E-state index in [1.54, 1.807) is 23.1 Å². The van der Waals surface area contributed by atoms with Gasteiger partial charge < -0.3 is 5.73 Å². The van der Waals surface area contributed by atoms with Gasteiger partial charge in [0.05, 0.1) is 0 Å². The molecule has 0 aliphatic carbocycles. The Balaban J connectivity index is 0. The Labute approximate surface area is 99.5 Å². The van der Waals surface area contributed by atoms with Gasteiger partial charge in [-0.05, 0) is 19.9 Å². The van der Waals surface area contributed by atoms with Crippen LogP contribution in [0.25, 0.3) is 0 Å². The maximum Gasteiger partial charge on any atom is 0.150 e. The highest BCUT2D eigenvalue weighted by Crippen LogP contribution is 2.22. The van der Waals surface area contributed by atoms with Crippen LogP contribution >= 0.6 is 47.9 Å². The molecule has 1 aromatic heterocycles. The summed E-state index contributed by atoms with van der Waals surface area (Å²) in [5.41, 5.74) is 6.48. The molecular weight excluding hydrogens is 247 g/mol. The number of thioether (sulfide) groups is 1. The second kappa shape index (κ2) is 9.09. The quantitative estimate of drug-likeness (QED) is 0.669. The molecule has 0 aliphatic heterocycles. The van der Waals surface area contributed by atoms with Gasteiger partial charge in [0.2, 0.25) is 0 Å². The monoisotopic (exact) mass is 260 g/mol. The smallest absolute Gasteiger partial charge is 0.150 e. The molecule has 0 aromatic carbocycles. The summed E-state index contributed by atoms with van der Waals surface area (Å²) in [6.07, 6.45) is 1.07. The SMILES string of the molecule is Cc1csc(SCCCN)n1.Cl.Cl. The first-order valence-electron chi connectivity index (χ1n) is 3.58. The van der Waals surface area contributed by atoms with E-state index in [1.165, 1.54) is 0 Å². The predicted octanol–water partition coefficient (Wildman–Crippen LogP) is 2.74. The summed E-state index contributed by atoms with van der Waals surface area (Å²) in [4.78, 5) is 4.32. The van der Waals surface area contributed by atoms with E-state index in [2.05, 4.69) is 10.4 Å². The fourth-order valence-corrected chi connectivity index (χ4v) is 2.52. The number of hydrogen-bond acceptors (Lipinski definition) is 4. The van der Waals surface area contributed by atoms with Crippen molar-refractivity contribution in [1.29, 1.82) is 0 Å². The lowest BCUT2D eigenvalue weighted by Gasteiger charge is -1.92. The third-order valence-corrected chi connectivity index (χ3v) is 3.40. The third-order valence-electron chi connectivity index (χ3n) is 1.17. The van der Waals surface area contributed by atoms with E-state index in [4.69, 9.17) is 5.73 Å². The van der Waals surface area contributed by atoms with Gasteiger partial charge >= 0.3 is 0 Å². The molecule has 1 aromatic rings. The van der Waals surface area contributed by atoms with Crippen LogP contribution in [0, 0.1) is 6.92 Å². The topological polar surface area (TPSA) is 38.9 Å². The van der Waals surface area contributed by atoms with Crippen LogP contribution in [0.1, 0.15) is 12.1 Å². The highest BCUT2D eigenvalue weighted by atomic mass is 35.5. The third kappa shape index (κ3) is 6.57. The zero-order valence-corrected chi connectivity index (χ0v) is 10.6. The molecule has 6 heteroatoms. The van der Waals surface area contributed by atoms with Crippen molar-refractivity contribution < 1.29 is 0 Å². The Hall–Kier alpha value is 0.520. The summed E-state index contributed by atoms with van der Waals surface area (Å²) in [7, 11) is 0. The minimum atomic E-state index is 0. The van der Waals surface area contributed by atoms with Gasteiger partial charge in [-0.2, -0.15) is 0 Å². The molecule has 0 radical (unpaired) electrons. The number of aromatic nitrogens is 1. The minimum Gasteiger partial charge on any atom is -0.330 e. The van der Waals surface area contributed by atoms with Crippen LogP contribution in [0.2, 0.25) is 0 Å². The molecule has 1 heterocycles. The molecule has 0 saturated carbocycles. The van der Waals surface area contributed by atoms with Crippen molar-refractivity contribution in [2.75, 3.05) is 12.3 Å². The van der Waals surface area contributed by atoms with Crippen molar-refractivity contribution >= 4 is 47.9 Å². The zero-order chi connectivity index (χ0) is 8.10. The van der Waals surface area contributed by atoms with Gasteiger partial charge in [0, 0.05) is 16.8 Å². The average molecular weight is 261 g/mol. The molecule has 1 rings (SSSR count). The van der Waals surface area contributed by atoms with Crippen molar-refractivity contribution in [1.82, 2.24) is 4.98 Å². The van der Waals surface area contributed by atoms with Crippen LogP contribution in [0.15, 0.2) is 9.72 Å². The molecule has 13 heavy (non-hydrogen) atoms. The summed E-state index contributed by atoms with van der Waals surface area (Å²) < 4.78 is 1.16. The Kier molecular flexibility index (Phi) is 11.2. The first-order valence-corrected chi connectivity index (χ1v) is 5.44. The number of thiazole rings is 1. The van der Waals surface area contributed by atoms with Crippen LogP contribution in [0.5, 0.6) is 0 Å². The Morgan fingerprint density at radius 3 is 2.69 bits per heavy atom. The molecule has 0 unspecified atom stereocenters. The number of nitrogens with two attached hydrogens (primary N) is 1. The van der Waals surface area contributed by atoms with Crippen LogP contribution in [0.3, 0.4) is 0 Å². The molecule has 2 N–H and O–H groups in total. The van der Waals surface area contributed by atoms with Crippen molar-refractivity contribution in [2.24, 2.45) is 5.73 Å². The zero-order valence-electron chi connectivity index (χ0n) is 7.36. The lowest BCUT2D eigenvalue weighted by Crippen LogP contribution is -1.99. The number of halogens is 2. The summed E-state index contributed by atoms with van der Waals surface area (Å²) in [6, 6.07) is 0. The fraction of sp³-hybridized carbons (Fsp3) is 0.571. The van der Waals surface area contributed by atoms with E-state index < -0.39 is 0 Å². The fourth-order valence-electron chi connectivity index (χ4n) is 0.641. The summed E-state index contributed by atoms with van der Waals surface area (Å²) in [6.45, 7) is 2.79. The number of aryl methyl sites for hydroxylation is 1. The molecule has 0 atom stereocenters. The van der Waals surface area contributed by atoms with Crippen molar-refractivity contribution in [3.8, 4) is 0 Å². The largest absolute Gasteiger partial charge is 0.330 e. The molecule has 2 nitrogen and oxygen atoms in total. The van der Waals surface area contributed by atoms with Gasteiger partial charge in [-0.15, -0.1) is 36.2 Å². The van der Waals surface area contributed by atoms with Crippen LogP contribution in [-0.2, 0) is 0 Å². The van der Waals surface area contributed by atoms with Crippen LogP contribution in [0.4, 0.5) is 0 Å². The number of rotatable bonds is 4. The molecule has 0 spiro atoms. The molecule has 0 fully saturated rings. The molecular formula is C7H14Cl2N2S2. The van der Waals surface area contributed by atoms with Gasteiger partial charge in [0.15, 0.2) is 0 Å².